The summed E-state index contributed by atoms with van der Waals surface area (Å²) >= 11 is 0. The number of aryl methyl sites for hydroxylation is 2. The first-order valence-electron chi connectivity index (χ1n) is 8.47. The van der Waals surface area contributed by atoms with E-state index in [1.54, 1.807) is 12.4 Å². The molecule has 6 nitrogen and oxygen atoms in total. The largest absolute Gasteiger partial charge is 0.462 e. The predicted octanol–water partition coefficient (Wildman–Crippen LogP) is 2.19. The number of ether oxygens (including phenoxy) is 1. The SMILES string of the molecule is Cc1cnc(OC[C@H]2CCn3nccc3CN2C2CCC2)nc1. The molecule has 0 amide bonds. The van der Waals surface area contributed by atoms with Crippen LogP contribution >= 0.6 is 0 Å². The van der Waals surface area contributed by atoms with Gasteiger partial charge in [0.1, 0.15) is 6.61 Å². The second-order valence-electron chi connectivity index (χ2n) is 6.60. The zero-order valence-electron chi connectivity index (χ0n) is 13.6. The summed E-state index contributed by atoms with van der Waals surface area (Å²) in [5, 5.41) is 4.44. The molecule has 0 spiro atoms. The summed E-state index contributed by atoms with van der Waals surface area (Å²) < 4.78 is 8.02. The van der Waals surface area contributed by atoms with Crippen LogP contribution in [0.4, 0.5) is 0 Å². The highest BCUT2D eigenvalue weighted by Crippen LogP contribution is 2.30. The van der Waals surface area contributed by atoms with Crippen LogP contribution in [0.15, 0.2) is 24.7 Å². The zero-order chi connectivity index (χ0) is 15.6. The fourth-order valence-electron chi connectivity index (χ4n) is 3.40. The Morgan fingerprint density at radius 1 is 1.22 bits per heavy atom. The molecule has 2 aromatic heterocycles. The van der Waals surface area contributed by atoms with Crippen molar-refractivity contribution in [1.29, 1.82) is 0 Å². The lowest BCUT2D eigenvalue weighted by Gasteiger charge is -2.41. The summed E-state index contributed by atoms with van der Waals surface area (Å²) in [5.41, 5.74) is 2.36. The van der Waals surface area contributed by atoms with Crippen LogP contribution in [-0.4, -0.2) is 43.3 Å². The third kappa shape index (κ3) is 3.08. The van der Waals surface area contributed by atoms with Gasteiger partial charge in [-0.25, -0.2) is 9.97 Å². The number of nitrogens with zero attached hydrogens (tertiary/aromatic N) is 5. The first kappa shape index (κ1) is 14.6. The molecule has 2 aromatic rings. The van der Waals surface area contributed by atoms with Gasteiger partial charge in [0.25, 0.3) is 0 Å². The molecular weight excluding hydrogens is 290 g/mol. The van der Waals surface area contributed by atoms with Crippen molar-refractivity contribution < 1.29 is 4.74 Å². The maximum Gasteiger partial charge on any atom is 0.316 e. The minimum atomic E-state index is 0.395. The molecule has 0 aromatic carbocycles. The topological polar surface area (TPSA) is 56.1 Å². The van der Waals surface area contributed by atoms with Gasteiger partial charge < -0.3 is 4.74 Å². The molecule has 0 unspecified atom stereocenters. The normalized spacial score (nSPS) is 22.2. The maximum absolute atomic E-state index is 5.89. The van der Waals surface area contributed by atoms with Gasteiger partial charge in [-0.05, 0) is 37.8 Å². The van der Waals surface area contributed by atoms with Crippen molar-refractivity contribution in [3.8, 4) is 6.01 Å². The second-order valence-corrected chi connectivity index (χ2v) is 6.60. The quantitative estimate of drug-likeness (QED) is 0.866. The number of aromatic nitrogens is 4. The molecule has 6 heteroatoms. The van der Waals surface area contributed by atoms with Crippen LogP contribution in [0.3, 0.4) is 0 Å². The summed E-state index contributed by atoms with van der Waals surface area (Å²) in [7, 11) is 0. The highest BCUT2D eigenvalue weighted by Gasteiger charge is 2.33. The fourth-order valence-corrected chi connectivity index (χ4v) is 3.40. The van der Waals surface area contributed by atoms with Gasteiger partial charge in [-0.2, -0.15) is 5.10 Å². The van der Waals surface area contributed by atoms with E-state index in [-0.39, 0.29) is 0 Å². The van der Waals surface area contributed by atoms with Crippen molar-refractivity contribution in [2.45, 2.75) is 57.8 Å². The Morgan fingerprint density at radius 3 is 2.78 bits per heavy atom. The Hall–Kier alpha value is -1.95. The molecule has 2 aliphatic rings. The molecule has 1 saturated carbocycles. The predicted molar refractivity (Wildman–Crippen MR) is 86.1 cm³/mol. The van der Waals surface area contributed by atoms with Gasteiger partial charge >= 0.3 is 6.01 Å². The minimum Gasteiger partial charge on any atom is -0.462 e. The Morgan fingerprint density at radius 2 is 2.04 bits per heavy atom. The second kappa shape index (κ2) is 6.28. The zero-order valence-corrected chi connectivity index (χ0v) is 13.6. The van der Waals surface area contributed by atoms with Gasteiger partial charge in [-0.1, -0.05) is 6.42 Å². The third-order valence-electron chi connectivity index (χ3n) is 5.00. The van der Waals surface area contributed by atoms with Crippen LogP contribution in [0, 0.1) is 6.92 Å². The molecule has 1 atom stereocenters. The number of hydrogen-bond donors (Lipinski definition) is 0. The highest BCUT2D eigenvalue weighted by atomic mass is 16.5. The average Bonchev–Trinajstić information content (AvgIpc) is 2.87. The Kier molecular flexibility index (Phi) is 3.99. The summed E-state index contributed by atoms with van der Waals surface area (Å²) in [4.78, 5) is 11.1. The van der Waals surface area contributed by atoms with Gasteiger partial charge in [0, 0.05) is 43.8 Å². The number of hydrogen-bond acceptors (Lipinski definition) is 5. The Balaban J connectivity index is 1.46. The van der Waals surface area contributed by atoms with Gasteiger partial charge in [0.05, 0.1) is 5.69 Å². The lowest BCUT2D eigenvalue weighted by atomic mass is 9.90. The van der Waals surface area contributed by atoms with Crippen LogP contribution in [0.1, 0.15) is 36.9 Å². The smallest absolute Gasteiger partial charge is 0.316 e. The van der Waals surface area contributed by atoms with Crippen molar-refractivity contribution >= 4 is 0 Å². The van der Waals surface area contributed by atoms with Crippen LogP contribution < -0.4 is 4.74 Å². The summed E-state index contributed by atoms with van der Waals surface area (Å²) in [5.74, 6) is 0. The molecule has 0 bridgehead atoms. The lowest BCUT2D eigenvalue weighted by Crippen LogP contribution is -2.48. The van der Waals surface area contributed by atoms with Crippen molar-refractivity contribution in [2.24, 2.45) is 0 Å². The van der Waals surface area contributed by atoms with Crippen LogP contribution in [0.25, 0.3) is 0 Å². The fraction of sp³-hybridized carbons (Fsp3) is 0.588. The molecule has 4 rings (SSSR count). The molecule has 1 aliphatic carbocycles. The van der Waals surface area contributed by atoms with E-state index >= 15 is 0 Å². The first-order valence-corrected chi connectivity index (χ1v) is 8.47. The molecular formula is C17H23N5O. The molecule has 3 heterocycles. The number of rotatable bonds is 4. The molecule has 23 heavy (non-hydrogen) atoms. The summed E-state index contributed by atoms with van der Waals surface area (Å²) in [6.45, 7) is 4.54. The van der Waals surface area contributed by atoms with Gasteiger partial charge in [0.2, 0.25) is 0 Å². The van der Waals surface area contributed by atoms with E-state index in [0.29, 0.717) is 24.7 Å². The maximum atomic E-state index is 5.89. The monoisotopic (exact) mass is 313 g/mol. The van der Waals surface area contributed by atoms with Gasteiger partial charge in [0.15, 0.2) is 0 Å². The molecule has 1 fully saturated rings. The minimum absolute atomic E-state index is 0.395. The van der Waals surface area contributed by atoms with Crippen molar-refractivity contribution in [3.63, 3.8) is 0 Å². The van der Waals surface area contributed by atoms with Gasteiger partial charge in [-0.15, -0.1) is 0 Å². The molecule has 0 radical (unpaired) electrons. The standard InChI is InChI=1S/C17H23N5O/c1-13-9-18-17(19-10-13)23-12-16-6-8-22-15(5-7-20-22)11-21(16)14-3-2-4-14/h5,7,9-10,14,16H,2-4,6,8,11-12H2,1H3/t16-/m1/s1. The lowest BCUT2D eigenvalue weighted by molar-refractivity contribution is 0.0427. The van der Waals surface area contributed by atoms with E-state index in [4.69, 9.17) is 4.74 Å². The summed E-state index contributed by atoms with van der Waals surface area (Å²) in [6.07, 6.45) is 10.5. The van der Waals surface area contributed by atoms with Crippen molar-refractivity contribution in [3.05, 3.63) is 35.9 Å². The molecule has 122 valence electrons. The van der Waals surface area contributed by atoms with E-state index in [2.05, 4.69) is 30.7 Å². The van der Waals surface area contributed by atoms with E-state index in [1.165, 1.54) is 25.0 Å². The first-order chi connectivity index (χ1) is 11.3. The Bertz CT molecular complexity index is 649. The average molecular weight is 313 g/mol. The van der Waals surface area contributed by atoms with E-state index in [9.17, 15) is 0 Å². The van der Waals surface area contributed by atoms with Gasteiger partial charge in [-0.3, -0.25) is 9.58 Å². The number of fused-ring (bicyclic) bond motifs is 1. The van der Waals surface area contributed by atoms with E-state index < -0.39 is 0 Å². The van der Waals surface area contributed by atoms with Crippen molar-refractivity contribution in [1.82, 2.24) is 24.6 Å². The Labute approximate surface area is 136 Å². The van der Waals surface area contributed by atoms with E-state index in [0.717, 1.165) is 25.1 Å². The van der Waals surface area contributed by atoms with Crippen LogP contribution in [-0.2, 0) is 13.1 Å². The molecule has 0 saturated heterocycles. The summed E-state index contributed by atoms with van der Waals surface area (Å²) in [6, 6.07) is 3.69. The molecule has 0 N–H and O–H groups in total. The third-order valence-corrected chi connectivity index (χ3v) is 5.00. The highest BCUT2D eigenvalue weighted by molar-refractivity contribution is 5.06. The van der Waals surface area contributed by atoms with Crippen LogP contribution in [0.2, 0.25) is 0 Å². The van der Waals surface area contributed by atoms with Crippen molar-refractivity contribution in [2.75, 3.05) is 6.61 Å². The molecule has 1 aliphatic heterocycles. The van der Waals surface area contributed by atoms with E-state index in [1.807, 2.05) is 13.1 Å². The van der Waals surface area contributed by atoms with Crippen LogP contribution in [0.5, 0.6) is 6.01 Å².